The summed E-state index contributed by atoms with van der Waals surface area (Å²) in [7, 11) is 1.72. The first-order valence-corrected chi connectivity index (χ1v) is 5.95. The minimum Gasteiger partial charge on any atom is -0.487 e. The maximum absolute atomic E-state index is 9.85. The quantitative estimate of drug-likeness (QED) is 0.795. The third kappa shape index (κ3) is 3.85. The second-order valence-corrected chi connectivity index (χ2v) is 4.35. The van der Waals surface area contributed by atoms with E-state index in [4.69, 9.17) is 9.53 Å². The Hall–Kier alpha value is -1.88. The predicted octanol–water partition coefficient (Wildman–Crippen LogP) is 3.78. The zero-order chi connectivity index (χ0) is 13.4. The van der Waals surface area contributed by atoms with Gasteiger partial charge in [-0.25, -0.2) is 0 Å². The zero-order valence-electron chi connectivity index (χ0n) is 10.1. The summed E-state index contributed by atoms with van der Waals surface area (Å²) >= 11 is 1.69. The van der Waals surface area contributed by atoms with Crippen LogP contribution >= 0.6 is 11.3 Å². The molecule has 0 atom stereocenters. The van der Waals surface area contributed by atoms with Crippen molar-refractivity contribution in [3.8, 4) is 15.5 Å². The molecule has 2 rings (SSSR count). The van der Waals surface area contributed by atoms with Gasteiger partial charge in [0.25, 0.3) is 0 Å². The van der Waals surface area contributed by atoms with E-state index in [-0.39, 0.29) is 6.47 Å². The summed E-state index contributed by atoms with van der Waals surface area (Å²) in [6.07, 6.45) is 0. The molecule has 0 spiro atoms. The van der Waals surface area contributed by atoms with E-state index in [1.807, 2.05) is 6.07 Å². The molecule has 0 unspecified atom stereocenters. The number of thiophene rings is 1. The average Bonchev–Trinajstić information content (AvgIpc) is 2.81. The van der Waals surface area contributed by atoms with E-state index in [0.717, 1.165) is 5.06 Å². The number of rotatable bonds is 3. The van der Waals surface area contributed by atoms with Crippen LogP contribution in [0.25, 0.3) is 10.4 Å². The van der Waals surface area contributed by atoms with Gasteiger partial charge in [0.1, 0.15) is 0 Å². The van der Waals surface area contributed by atoms with E-state index in [1.54, 1.807) is 18.4 Å². The van der Waals surface area contributed by atoms with Gasteiger partial charge in [0.05, 0.1) is 7.11 Å². The molecule has 0 bridgehead atoms. The zero-order valence-corrected chi connectivity index (χ0v) is 10.9. The van der Waals surface area contributed by atoms with Crippen molar-refractivity contribution < 1.29 is 19.0 Å². The van der Waals surface area contributed by atoms with Crippen molar-refractivity contribution in [3.05, 3.63) is 42.0 Å². The summed E-state index contributed by atoms with van der Waals surface area (Å²) in [5.41, 5.74) is 2.46. The number of hydrogen-bond acceptors (Lipinski definition) is 4. The number of ether oxygens (including phenoxy) is 1. The highest BCUT2D eigenvalue weighted by Gasteiger charge is 2.06. The number of benzene rings is 1. The third-order valence-corrected chi connectivity index (χ3v) is 3.40. The Kier molecular flexibility index (Phi) is 5.87. The standard InChI is InChI=1S/C12H12OS.CHFO2/c1-9-8-11(14-12(9)13-2)10-6-4-3-5-7-10;2-4-1-3/h3-8H,1-2H3;1H. The van der Waals surface area contributed by atoms with Crippen molar-refractivity contribution in [2.75, 3.05) is 7.11 Å². The van der Waals surface area contributed by atoms with E-state index in [9.17, 15) is 4.53 Å². The van der Waals surface area contributed by atoms with Crippen LogP contribution in [0.15, 0.2) is 36.4 Å². The van der Waals surface area contributed by atoms with Crippen LogP contribution in [0.1, 0.15) is 5.56 Å². The van der Waals surface area contributed by atoms with Crippen LogP contribution in [-0.2, 0) is 9.74 Å². The molecule has 0 saturated carbocycles. The van der Waals surface area contributed by atoms with Crippen LogP contribution < -0.4 is 4.74 Å². The lowest BCUT2D eigenvalue weighted by Gasteiger charge is -1.94. The molecular weight excluding hydrogens is 255 g/mol. The predicted molar refractivity (Wildman–Crippen MR) is 69.3 cm³/mol. The summed E-state index contributed by atoms with van der Waals surface area (Å²) in [4.78, 5) is 12.2. The summed E-state index contributed by atoms with van der Waals surface area (Å²) in [5.74, 6) is 0. The van der Waals surface area contributed by atoms with Gasteiger partial charge in [-0.05, 0) is 18.6 Å². The Morgan fingerprint density at radius 3 is 2.33 bits per heavy atom. The van der Waals surface area contributed by atoms with E-state index in [2.05, 4.69) is 42.2 Å². The average molecular weight is 268 g/mol. The smallest absolute Gasteiger partial charge is 0.337 e. The van der Waals surface area contributed by atoms with Crippen molar-refractivity contribution >= 4 is 17.8 Å². The number of halogens is 1. The molecule has 5 heteroatoms. The number of methoxy groups -OCH3 is 1. The van der Waals surface area contributed by atoms with Gasteiger partial charge in [-0.3, -0.25) is 9.74 Å². The molecule has 2 aromatic rings. The molecule has 0 saturated heterocycles. The van der Waals surface area contributed by atoms with Gasteiger partial charge in [0, 0.05) is 15.0 Å². The fourth-order valence-corrected chi connectivity index (χ4v) is 2.41. The van der Waals surface area contributed by atoms with Gasteiger partial charge in [0.15, 0.2) is 5.06 Å². The lowest BCUT2D eigenvalue weighted by atomic mass is 10.2. The van der Waals surface area contributed by atoms with E-state index < -0.39 is 0 Å². The second-order valence-electron chi connectivity index (χ2n) is 3.34. The topological polar surface area (TPSA) is 35.5 Å². The number of carbonyl (C=O) groups is 1. The monoisotopic (exact) mass is 268 g/mol. The van der Waals surface area contributed by atoms with Gasteiger partial charge < -0.3 is 4.74 Å². The molecule has 1 aromatic carbocycles. The van der Waals surface area contributed by atoms with E-state index in [0.29, 0.717) is 0 Å². The van der Waals surface area contributed by atoms with Crippen LogP contribution in [0.2, 0.25) is 0 Å². The molecule has 0 aliphatic heterocycles. The SMILES string of the molecule is COc1sc(-c2ccccc2)cc1C.O=COF. The minimum atomic E-state index is -0.292. The van der Waals surface area contributed by atoms with E-state index >= 15 is 0 Å². The molecule has 0 amide bonds. The van der Waals surface area contributed by atoms with Gasteiger partial charge in [-0.15, -0.1) is 0 Å². The summed E-state index contributed by atoms with van der Waals surface area (Å²) in [5, 5.41) is 1.00. The molecule has 1 aromatic heterocycles. The maximum atomic E-state index is 9.85. The number of aryl methyl sites for hydroxylation is 1. The Morgan fingerprint density at radius 1 is 1.28 bits per heavy atom. The Morgan fingerprint density at radius 2 is 1.89 bits per heavy atom. The lowest BCUT2D eigenvalue weighted by Crippen LogP contribution is -1.77. The van der Waals surface area contributed by atoms with Crippen LogP contribution in [0.3, 0.4) is 0 Å². The Balaban J connectivity index is 0.000000357. The fraction of sp³-hybridized carbons (Fsp3) is 0.154. The number of carbonyl (C=O) groups excluding carboxylic acids is 1. The van der Waals surface area contributed by atoms with Crippen LogP contribution in [0.4, 0.5) is 4.53 Å². The maximum Gasteiger partial charge on any atom is 0.337 e. The van der Waals surface area contributed by atoms with Crippen molar-refractivity contribution in [1.82, 2.24) is 0 Å². The molecule has 0 N–H and O–H groups in total. The molecule has 1 heterocycles. The van der Waals surface area contributed by atoms with Crippen molar-refractivity contribution in [1.29, 1.82) is 0 Å². The largest absolute Gasteiger partial charge is 0.487 e. The fourth-order valence-electron chi connectivity index (χ4n) is 1.41. The highest BCUT2D eigenvalue weighted by Crippen LogP contribution is 2.36. The lowest BCUT2D eigenvalue weighted by molar-refractivity contribution is -0.165. The Bertz CT molecular complexity index is 482. The highest BCUT2D eigenvalue weighted by atomic mass is 32.1. The first kappa shape index (κ1) is 14.2. The van der Waals surface area contributed by atoms with Gasteiger partial charge in [-0.2, -0.15) is 0 Å². The molecular formula is C13H13FO3S. The third-order valence-electron chi connectivity index (χ3n) is 2.15. The first-order chi connectivity index (χ1) is 8.72. The van der Waals surface area contributed by atoms with Crippen LogP contribution in [-0.4, -0.2) is 13.6 Å². The van der Waals surface area contributed by atoms with Gasteiger partial charge in [0.2, 0.25) is 0 Å². The van der Waals surface area contributed by atoms with Gasteiger partial charge >= 0.3 is 6.47 Å². The molecule has 96 valence electrons. The normalized spacial score (nSPS) is 9.06. The summed E-state index contributed by atoms with van der Waals surface area (Å²) < 4.78 is 15.1. The molecule has 3 nitrogen and oxygen atoms in total. The summed E-state index contributed by atoms with van der Waals surface area (Å²) in [6.45, 7) is 1.78. The number of hydrogen-bond donors (Lipinski definition) is 0. The van der Waals surface area contributed by atoms with Crippen LogP contribution in [0.5, 0.6) is 5.06 Å². The molecule has 0 radical (unpaired) electrons. The second kappa shape index (κ2) is 7.45. The van der Waals surface area contributed by atoms with Crippen molar-refractivity contribution in [2.24, 2.45) is 0 Å². The summed E-state index contributed by atoms with van der Waals surface area (Å²) in [6, 6.07) is 12.5. The minimum absolute atomic E-state index is 0.292. The Labute approximate surface area is 109 Å². The molecule has 0 fully saturated rings. The molecule has 0 aliphatic carbocycles. The van der Waals surface area contributed by atoms with Crippen molar-refractivity contribution in [2.45, 2.75) is 6.92 Å². The highest BCUT2D eigenvalue weighted by molar-refractivity contribution is 7.17. The van der Waals surface area contributed by atoms with Crippen molar-refractivity contribution in [3.63, 3.8) is 0 Å². The first-order valence-electron chi connectivity index (χ1n) is 5.13. The molecule has 0 aliphatic rings. The van der Waals surface area contributed by atoms with E-state index in [1.165, 1.54) is 16.0 Å². The van der Waals surface area contributed by atoms with Gasteiger partial charge in [-0.1, -0.05) is 41.7 Å². The molecule has 18 heavy (non-hydrogen) atoms. The van der Waals surface area contributed by atoms with Crippen LogP contribution in [0, 0.1) is 6.92 Å².